The largest absolute Gasteiger partial charge is 0.367 e. The Labute approximate surface area is 84.3 Å². The average Bonchev–Trinajstić information content (AvgIpc) is 2.41. The smallest absolute Gasteiger partial charge is 0.155 e. The molecule has 0 aromatic carbocycles. The van der Waals surface area contributed by atoms with Crippen LogP contribution in [0.15, 0.2) is 12.2 Å². The van der Waals surface area contributed by atoms with Crippen molar-refractivity contribution in [3.05, 3.63) is 12.2 Å². The average molecular weight is 192 g/mol. The van der Waals surface area contributed by atoms with Gasteiger partial charge in [-0.15, -0.1) is 0 Å². The normalized spacial score (nSPS) is 50.6. The number of hydrogen-bond donors (Lipinski definition) is 0. The van der Waals surface area contributed by atoms with Crippen molar-refractivity contribution in [2.45, 2.75) is 44.3 Å². The minimum Gasteiger partial charge on any atom is -0.367 e. The highest BCUT2D eigenvalue weighted by molar-refractivity contribution is 5.91. The highest BCUT2D eigenvalue weighted by atomic mass is 16.5. The number of ketones is 1. The number of allylic oxidation sites excluding steroid dienone is 1. The van der Waals surface area contributed by atoms with E-state index in [9.17, 15) is 4.79 Å². The predicted molar refractivity (Wildman–Crippen MR) is 52.9 cm³/mol. The first-order valence-electron chi connectivity index (χ1n) is 5.59. The lowest BCUT2D eigenvalue weighted by Gasteiger charge is -2.39. The van der Waals surface area contributed by atoms with E-state index in [-0.39, 0.29) is 11.4 Å². The number of rotatable bonds is 0. The van der Waals surface area contributed by atoms with Gasteiger partial charge in [0.2, 0.25) is 0 Å². The van der Waals surface area contributed by atoms with Gasteiger partial charge in [-0.25, -0.2) is 0 Å². The summed E-state index contributed by atoms with van der Waals surface area (Å²) in [4.78, 5) is 11.3. The highest BCUT2D eigenvalue weighted by Gasteiger charge is 2.52. The zero-order chi connectivity index (χ0) is 9.76. The maximum Gasteiger partial charge on any atom is 0.155 e. The third kappa shape index (κ3) is 1.04. The molecule has 2 nitrogen and oxygen atoms in total. The minimum absolute atomic E-state index is 0.0593. The maximum atomic E-state index is 11.3. The molecule has 4 unspecified atom stereocenters. The van der Waals surface area contributed by atoms with Crippen LogP contribution < -0.4 is 0 Å². The van der Waals surface area contributed by atoms with Crippen LogP contribution in [0.4, 0.5) is 0 Å². The Hall–Kier alpha value is -0.630. The van der Waals surface area contributed by atoms with Gasteiger partial charge in [-0.05, 0) is 50.2 Å². The molecule has 0 amide bonds. The van der Waals surface area contributed by atoms with E-state index in [0.717, 1.165) is 12.3 Å². The lowest BCUT2D eigenvalue weighted by atomic mass is 9.68. The van der Waals surface area contributed by atoms with Gasteiger partial charge in [0.15, 0.2) is 5.78 Å². The summed E-state index contributed by atoms with van der Waals surface area (Å²) < 4.78 is 6.09. The van der Waals surface area contributed by atoms with Gasteiger partial charge < -0.3 is 4.74 Å². The molecule has 1 spiro atoms. The molecule has 0 aromatic rings. The molecule has 2 bridgehead atoms. The monoisotopic (exact) mass is 192 g/mol. The molecule has 1 saturated heterocycles. The van der Waals surface area contributed by atoms with Gasteiger partial charge >= 0.3 is 0 Å². The van der Waals surface area contributed by atoms with Gasteiger partial charge in [-0.2, -0.15) is 0 Å². The lowest BCUT2D eigenvalue weighted by molar-refractivity contribution is -0.120. The Balaban J connectivity index is 1.98. The molecule has 0 radical (unpaired) electrons. The summed E-state index contributed by atoms with van der Waals surface area (Å²) in [5, 5.41) is 0. The van der Waals surface area contributed by atoms with Crippen LogP contribution in [0, 0.1) is 11.8 Å². The van der Waals surface area contributed by atoms with Crippen molar-refractivity contribution in [2.75, 3.05) is 0 Å². The predicted octanol–water partition coefficient (Wildman–Crippen LogP) is 2.09. The molecule has 14 heavy (non-hydrogen) atoms. The van der Waals surface area contributed by atoms with E-state index >= 15 is 0 Å². The third-order valence-corrected chi connectivity index (χ3v) is 4.23. The van der Waals surface area contributed by atoms with Gasteiger partial charge in [0.25, 0.3) is 0 Å². The first kappa shape index (κ1) is 8.66. The molecule has 76 valence electrons. The van der Waals surface area contributed by atoms with E-state index < -0.39 is 0 Å². The number of fused-ring (bicyclic) bond motifs is 1. The summed E-state index contributed by atoms with van der Waals surface area (Å²) in [5.74, 6) is 1.47. The quantitative estimate of drug-likeness (QED) is 0.587. The fourth-order valence-corrected chi connectivity index (χ4v) is 3.39. The second kappa shape index (κ2) is 2.69. The Morgan fingerprint density at radius 3 is 3.21 bits per heavy atom. The van der Waals surface area contributed by atoms with Crippen LogP contribution in [-0.2, 0) is 9.53 Å². The summed E-state index contributed by atoms with van der Waals surface area (Å²) in [5.41, 5.74) is -0.0593. The number of ether oxygens (including phenoxy) is 1. The second-order valence-corrected chi connectivity index (χ2v) is 5.02. The molecule has 2 aliphatic carbocycles. The molecule has 1 aliphatic heterocycles. The molecule has 0 N–H and O–H groups in total. The number of carbonyl (C=O) groups excluding carboxylic acids is 1. The Morgan fingerprint density at radius 2 is 2.36 bits per heavy atom. The molecule has 3 rings (SSSR count). The van der Waals surface area contributed by atoms with Crippen molar-refractivity contribution in [1.82, 2.24) is 0 Å². The van der Waals surface area contributed by atoms with E-state index in [2.05, 4.69) is 6.92 Å². The SMILES string of the molecule is CC1OC23C=CC(=O)CC2CCC1C3. The van der Waals surface area contributed by atoms with Crippen LogP contribution >= 0.6 is 0 Å². The maximum absolute atomic E-state index is 11.3. The van der Waals surface area contributed by atoms with Gasteiger partial charge in [0, 0.05) is 6.42 Å². The van der Waals surface area contributed by atoms with Crippen LogP contribution in [0.25, 0.3) is 0 Å². The van der Waals surface area contributed by atoms with E-state index in [1.807, 2.05) is 6.08 Å². The minimum atomic E-state index is -0.0593. The van der Waals surface area contributed by atoms with Crippen LogP contribution in [-0.4, -0.2) is 17.5 Å². The fourth-order valence-electron chi connectivity index (χ4n) is 3.39. The summed E-state index contributed by atoms with van der Waals surface area (Å²) in [7, 11) is 0. The van der Waals surface area contributed by atoms with Gasteiger partial charge in [0.1, 0.15) is 0 Å². The topological polar surface area (TPSA) is 26.3 Å². The van der Waals surface area contributed by atoms with Gasteiger partial charge in [-0.1, -0.05) is 0 Å². The molecule has 1 heterocycles. The van der Waals surface area contributed by atoms with Crippen molar-refractivity contribution >= 4 is 5.78 Å². The van der Waals surface area contributed by atoms with Crippen molar-refractivity contribution in [3.8, 4) is 0 Å². The van der Waals surface area contributed by atoms with E-state index in [1.54, 1.807) is 6.08 Å². The number of carbonyl (C=O) groups is 1. The standard InChI is InChI=1S/C12H16O2/c1-8-9-2-3-10-6-11(13)4-5-12(10,7-9)14-8/h4-5,8-10H,2-3,6-7H2,1H3. The summed E-state index contributed by atoms with van der Waals surface area (Å²) in [6.07, 6.45) is 8.42. The van der Waals surface area contributed by atoms with Gasteiger partial charge in [-0.3, -0.25) is 4.79 Å². The first-order valence-corrected chi connectivity index (χ1v) is 5.59. The van der Waals surface area contributed by atoms with Crippen LogP contribution in [0.2, 0.25) is 0 Å². The lowest BCUT2D eigenvalue weighted by Crippen LogP contribution is -2.41. The van der Waals surface area contributed by atoms with E-state index in [1.165, 1.54) is 12.8 Å². The fraction of sp³-hybridized carbons (Fsp3) is 0.750. The zero-order valence-electron chi connectivity index (χ0n) is 8.53. The number of hydrogen-bond acceptors (Lipinski definition) is 2. The van der Waals surface area contributed by atoms with Crippen LogP contribution in [0.1, 0.15) is 32.6 Å². The summed E-state index contributed by atoms with van der Waals surface area (Å²) in [6.45, 7) is 2.17. The summed E-state index contributed by atoms with van der Waals surface area (Å²) >= 11 is 0. The Bertz CT molecular complexity index is 303. The Morgan fingerprint density at radius 1 is 1.50 bits per heavy atom. The molecule has 3 aliphatic rings. The highest BCUT2D eigenvalue weighted by Crippen LogP contribution is 2.51. The van der Waals surface area contributed by atoms with E-state index in [4.69, 9.17) is 4.74 Å². The van der Waals surface area contributed by atoms with Crippen molar-refractivity contribution in [2.24, 2.45) is 11.8 Å². The van der Waals surface area contributed by atoms with Gasteiger partial charge in [0.05, 0.1) is 11.7 Å². The van der Waals surface area contributed by atoms with Crippen molar-refractivity contribution in [3.63, 3.8) is 0 Å². The first-order chi connectivity index (χ1) is 6.70. The van der Waals surface area contributed by atoms with Crippen LogP contribution in [0.3, 0.4) is 0 Å². The summed E-state index contributed by atoms with van der Waals surface area (Å²) in [6, 6.07) is 0. The van der Waals surface area contributed by atoms with Crippen LogP contribution in [0.5, 0.6) is 0 Å². The molecule has 0 aromatic heterocycles. The molecule has 2 heteroatoms. The molecule has 4 atom stereocenters. The Kier molecular flexibility index (Phi) is 1.67. The van der Waals surface area contributed by atoms with Crippen molar-refractivity contribution in [1.29, 1.82) is 0 Å². The molecule has 1 saturated carbocycles. The zero-order valence-corrected chi connectivity index (χ0v) is 8.53. The molecular weight excluding hydrogens is 176 g/mol. The molecule has 2 fully saturated rings. The second-order valence-electron chi connectivity index (χ2n) is 5.02. The van der Waals surface area contributed by atoms with E-state index in [0.29, 0.717) is 18.4 Å². The molecular formula is C12H16O2. The third-order valence-electron chi connectivity index (χ3n) is 4.23. The van der Waals surface area contributed by atoms with Crippen molar-refractivity contribution < 1.29 is 9.53 Å².